The molecule has 0 atom stereocenters. The topological polar surface area (TPSA) is 35.7 Å². The van der Waals surface area contributed by atoms with Gasteiger partial charge in [0.2, 0.25) is 0 Å². The highest BCUT2D eigenvalue weighted by Crippen LogP contribution is 2.37. The third-order valence-electron chi connectivity index (χ3n) is 1.67. The number of rotatable bonds is 1. The molecule has 3 nitrogen and oxygen atoms in total. The van der Waals surface area contributed by atoms with Crippen LogP contribution in [0.15, 0.2) is 21.7 Å². The van der Waals surface area contributed by atoms with Gasteiger partial charge in [0.15, 0.2) is 5.75 Å². The summed E-state index contributed by atoms with van der Waals surface area (Å²) in [5.74, 6) is 0.741. The van der Waals surface area contributed by atoms with Crippen molar-refractivity contribution in [1.82, 2.24) is 5.43 Å². The molecule has 61 valence electrons. The third kappa shape index (κ3) is 0.992. The van der Waals surface area contributed by atoms with E-state index >= 15 is 0 Å². The first-order chi connectivity index (χ1) is 5.83. The molecular weight excluding hydrogens is 220 g/mol. The van der Waals surface area contributed by atoms with Gasteiger partial charge in [-0.15, -0.1) is 5.43 Å². The summed E-state index contributed by atoms with van der Waals surface area (Å²) in [5, 5.41) is 3.80. The molecule has 0 amide bonds. The van der Waals surface area contributed by atoms with E-state index in [1.54, 1.807) is 13.3 Å². The molecule has 0 saturated heterocycles. The lowest BCUT2D eigenvalue weighted by Gasteiger charge is -2.06. The highest BCUT2D eigenvalue weighted by atomic mass is 79.9. The molecule has 0 unspecified atom stereocenters. The number of fused-ring (bicyclic) bond motifs is 1. The smallest absolute Gasteiger partial charge is 0.161 e. The molecule has 2 rings (SSSR count). The molecule has 1 aromatic carbocycles. The Kier molecular flexibility index (Phi) is 1.77. The summed E-state index contributed by atoms with van der Waals surface area (Å²) in [6, 6.07) is 3.87. The number of benzene rings is 1. The minimum Gasteiger partial charge on any atom is -0.493 e. The third-order valence-corrected chi connectivity index (χ3v) is 2.30. The van der Waals surface area contributed by atoms with Crippen LogP contribution in [0.4, 0.5) is 5.69 Å². The largest absolute Gasteiger partial charge is 0.493 e. The Hall–Kier alpha value is -1.03. The van der Waals surface area contributed by atoms with Crippen LogP contribution in [0.3, 0.4) is 0 Å². The Balaban J connectivity index is 2.61. The molecule has 1 heterocycles. The Labute approximate surface area is 78.6 Å². The predicted octanol–water partition coefficient (Wildman–Crippen LogP) is 2.04. The highest BCUT2D eigenvalue weighted by Gasteiger charge is 2.15. The Morgan fingerprint density at radius 3 is 3.00 bits per heavy atom. The lowest BCUT2D eigenvalue weighted by Crippen LogP contribution is -1.91. The van der Waals surface area contributed by atoms with Crippen molar-refractivity contribution in [1.29, 1.82) is 0 Å². The lowest BCUT2D eigenvalue weighted by atomic mass is 10.2. The molecule has 0 saturated carbocycles. The summed E-state index contributed by atoms with van der Waals surface area (Å²) in [7, 11) is 1.62. The molecule has 0 bridgehead atoms. The molecule has 0 aromatic heterocycles. The second-order valence-electron chi connectivity index (χ2n) is 2.36. The molecule has 0 fully saturated rings. The van der Waals surface area contributed by atoms with Gasteiger partial charge in [-0.3, -0.25) is 0 Å². The van der Waals surface area contributed by atoms with Crippen molar-refractivity contribution in [2.24, 2.45) is 5.10 Å². The summed E-state index contributed by atoms with van der Waals surface area (Å²) in [4.78, 5) is 0. The van der Waals surface area contributed by atoms with Crippen molar-refractivity contribution in [2.45, 2.75) is 0 Å². The maximum Gasteiger partial charge on any atom is 0.161 e. The molecule has 0 spiro atoms. The van der Waals surface area contributed by atoms with Crippen molar-refractivity contribution in [3.05, 3.63) is 22.2 Å². The number of hydrogen-bond acceptors (Lipinski definition) is 2. The highest BCUT2D eigenvalue weighted by molar-refractivity contribution is 9.10. The van der Waals surface area contributed by atoms with Crippen LogP contribution in [0, 0.1) is 0 Å². The Morgan fingerprint density at radius 2 is 2.25 bits per heavy atom. The quantitative estimate of drug-likeness (QED) is 0.721. The van der Waals surface area contributed by atoms with E-state index in [-0.39, 0.29) is 0 Å². The lowest BCUT2D eigenvalue weighted by molar-refractivity contribution is 0.411. The van der Waals surface area contributed by atoms with Crippen molar-refractivity contribution >= 4 is 27.8 Å². The maximum atomic E-state index is 5.17. The van der Waals surface area contributed by atoms with E-state index in [9.17, 15) is 0 Å². The number of nitrogens with zero attached hydrogens (tertiary/aromatic N) is 2. The normalized spacial score (nSPS) is 12.5. The van der Waals surface area contributed by atoms with E-state index in [4.69, 9.17) is 4.74 Å². The first kappa shape index (κ1) is 7.61. The zero-order valence-electron chi connectivity index (χ0n) is 6.41. The van der Waals surface area contributed by atoms with Gasteiger partial charge in [0, 0.05) is 5.56 Å². The minimum absolute atomic E-state index is 0.741. The summed E-state index contributed by atoms with van der Waals surface area (Å²) in [6.07, 6.45) is 1.71. The van der Waals surface area contributed by atoms with Crippen LogP contribution >= 0.6 is 15.9 Å². The van der Waals surface area contributed by atoms with Crippen LogP contribution in [0.25, 0.3) is 0 Å². The standard InChI is InChI=1S/C8H6BrN2O/c1-12-8-6(9)3-2-5-4-10-11-7(5)8/h2-4H,1H3. The molecule has 1 aliphatic rings. The van der Waals surface area contributed by atoms with Gasteiger partial charge in [0.05, 0.1) is 17.8 Å². The van der Waals surface area contributed by atoms with Gasteiger partial charge in [-0.25, -0.2) is 0 Å². The number of halogens is 1. The molecule has 0 aliphatic carbocycles. The average Bonchev–Trinajstić information content (AvgIpc) is 2.52. The van der Waals surface area contributed by atoms with E-state index in [1.165, 1.54) is 0 Å². The zero-order chi connectivity index (χ0) is 8.55. The summed E-state index contributed by atoms with van der Waals surface area (Å²) in [5.41, 5.74) is 5.74. The van der Waals surface area contributed by atoms with Crippen LogP contribution in [0.5, 0.6) is 5.75 Å². The first-order valence-electron chi connectivity index (χ1n) is 3.43. The van der Waals surface area contributed by atoms with Crippen molar-refractivity contribution in [3.8, 4) is 5.75 Å². The molecule has 0 N–H and O–H groups in total. The van der Waals surface area contributed by atoms with Gasteiger partial charge in [-0.05, 0) is 28.1 Å². The van der Waals surface area contributed by atoms with E-state index in [0.717, 1.165) is 21.5 Å². The van der Waals surface area contributed by atoms with Gasteiger partial charge < -0.3 is 4.74 Å². The molecule has 1 aromatic rings. The fourth-order valence-corrected chi connectivity index (χ4v) is 1.59. The second kappa shape index (κ2) is 2.79. The number of ether oxygens (including phenoxy) is 1. The van der Waals surface area contributed by atoms with E-state index in [1.807, 2.05) is 12.1 Å². The fraction of sp³-hybridized carbons (Fsp3) is 0.125. The monoisotopic (exact) mass is 225 g/mol. The fourth-order valence-electron chi connectivity index (χ4n) is 1.11. The summed E-state index contributed by atoms with van der Waals surface area (Å²) < 4.78 is 6.07. The van der Waals surface area contributed by atoms with Crippen LogP contribution in [-0.2, 0) is 0 Å². The second-order valence-corrected chi connectivity index (χ2v) is 3.22. The van der Waals surface area contributed by atoms with Gasteiger partial charge in [0.1, 0.15) is 5.69 Å². The Morgan fingerprint density at radius 1 is 1.42 bits per heavy atom. The van der Waals surface area contributed by atoms with Gasteiger partial charge in [0.25, 0.3) is 0 Å². The van der Waals surface area contributed by atoms with Crippen LogP contribution < -0.4 is 10.2 Å². The first-order valence-corrected chi connectivity index (χ1v) is 4.23. The van der Waals surface area contributed by atoms with Gasteiger partial charge in [-0.2, -0.15) is 5.10 Å². The number of hydrogen-bond donors (Lipinski definition) is 0. The van der Waals surface area contributed by atoms with Crippen molar-refractivity contribution < 1.29 is 4.74 Å². The van der Waals surface area contributed by atoms with Crippen LogP contribution in [0.2, 0.25) is 0 Å². The van der Waals surface area contributed by atoms with E-state index in [2.05, 4.69) is 26.5 Å². The summed E-state index contributed by atoms with van der Waals surface area (Å²) in [6.45, 7) is 0. The maximum absolute atomic E-state index is 5.17. The summed E-state index contributed by atoms with van der Waals surface area (Å²) >= 11 is 3.37. The average molecular weight is 226 g/mol. The SMILES string of the molecule is COc1c(Br)ccc2c1[N]N=C2. The molecule has 4 heteroatoms. The van der Waals surface area contributed by atoms with Crippen molar-refractivity contribution in [2.75, 3.05) is 7.11 Å². The molecule has 12 heavy (non-hydrogen) atoms. The molecule has 1 radical (unpaired) electrons. The van der Waals surface area contributed by atoms with E-state index < -0.39 is 0 Å². The van der Waals surface area contributed by atoms with Gasteiger partial charge in [-0.1, -0.05) is 0 Å². The van der Waals surface area contributed by atoms with Crippen LogP contribution in [0.1, 0.15) is 5.56 Å². The van der Waals surface area contributed by atoms with E-state index in [0.29, 0.717) is 0 Å². The Bertz CT molecular complexity index is 349. The van der Waals surface area contributed by atoms with Gasteiger partial charge >= 0.3 is 0 Å². The van der Waals surface area contributed by atoms with Crippen LogP contribution in [-0.4, -0.2) is 13.3 Å². The molecular formula is C8H6BrN2O. The zero-order valence-corrected chi connectivity index (χ0v) is 8.00. The molecule has 1 aliphatic heterocycles. The number of methoxy groups -OCH3 is 1. The minimum atomic E-state index is 0.741. The van der Waals surface area contributed by atoms with Crippen molar-refractivity contribution in [3.63, 3.8) is 0 Å². The predicted molar refractivity (Wildman–Crippen MR) is 50.1 cm³/mol.